The van der Waals surface area contributed by atoms with Gasteiger partial charge in [0, 0.05) is 0 Å². The van der Waals surface area contributed by atoms with Crippen molar-refractivity contribution in [2.75, 3.05) is 0 Å². The quantitative estimate of drug-likeness (QED) is 0.854. The lowest BCUT2D eigenvalue weighted by atomic mass is 9.78. The normalized spacial score (nSPS) is 22.4. The second kappa shape index (κ2) is 5.00. The van der Waals surface area contributed by atoms with Crippen molar-refractivity contribution in [2.45, 2.75) is 51.1 Å². The molecular weight excluding hydrogens is 282 g/mol. The molecule has 0 spiro atoms. The second-order valence-electron chi connectivity index (χ2n) is 6.27. The van der Waals surface area contributed by atoms with Crippen LogP contribution in [0.15, 0.2) is 24.3 Å². The Bertz CT molecular complexity index is 498. The van der Waals surface area contributed by atoms with Crippen molar-refractivity contribution >= 4 is 12.6 Å². The first-order chi connectivity index (χ1) is 9.44. The number of halogens is 3. The van der Waals surface area contributed by atoms with Crippen molar-refractivity contribution in [3.63, 3.8) is 0 Å². The Kier molecular flexibility index (Phi) is 3.89. The Hall–Kier alpha value is -1.05. The minimum Gasteiger partial charge on any atom is -0.399 e. The zero-order valence-corrected chi connectivity index (χ0v) is 12.5. The van der Waals surface area contributed by atoms with Crippen LogP contribution >= 0.6 is 0 Å². The van der Waals surface area contributed by atoms with Crippen LogP contribution < -0.4 is 11.2 Å². The Morgan fingerprint density at radius 2 is 1.43 bits per heavy atom. The standard InChI is InChI=1S/C14H19BF3NO2/c1-12(2)13(3,4)21-15(20-12)10-7-5-9(6-8-10)11(19)14(16,17)18/h5-8,11H,19H2,1-4H3. The van der Waals surface area contributed by atoms with Crippen LogP contribution in [0, 0.1) is 0 Å². The van der Waals surface area contributed by atoms with E-state index in [9.17, 15) is 13.2 Å². The Balaban J connectivity index is 2.18. The van der Waals surface area contributed by atoms with Crippen LogP contribution in [0.25, 0.3) is 0 Å². The fourth-order valence-electron chi connectivity index (χ4n) is 2.03. The summed E-state index contributed by atoms with van der Waals surface area (Å²) in [6.45, 7) is 7.67. The van der Waals surface area contributed by atoms with Gasteiger partial charge in [0.15, 0.2) is 0 Å². The maximum Gasteiger partial charge on any atom is 0.494 e. The first-order valence-electron chi connectivity index (χ1n) is 6.72. The van der Waals surface area contributed by atoms with Crippen LogP contribution in [0.1, 0.15) is 39.3 Å². The highest BCUT2D eigenvalue weighted by Crippen LogP contribution is 2.36. The van der Waals surface area contributed by atoms with E-state index in [1.165, 1.54) is 12.1 Å². The number of nitrogens with two attached hydrogens (primary N) is 1. The van der Waals surface area contributed by atoms with Crippen molar-refractivity contribution in [1.29, 1.82) is 0 Å². The molecule has 0 radical (unpaired) electrons. The van der Waals surface area contributed by atoms with Crippen molar-refractivity contribution in [3.05, 3.63) is 29.8 Å². The molecule has 1 aromatic carbocycles. The van der Waals surface area contributed by atoms with Crippen molar-refractivity contribution < 1.29 is 22.5 Å². The average molecular weight is 301 g/mol. The summed E-state index contributed by atoms with van der Waals surface area (Å²) < 4.78 is 49.4. The van der Waals surface area contributed by atoms with Crippen molar-refractivity contribution in [3.8, 4) is 0 Å². The van der Waals surface area contributed by atoms with Gasteiger partial charge in [0.05, 0.1) is 11.2 Å². The van der Waals surface area contributed by atoms with Crippen molar-refractivity contribution in [1.82, 2.24) is 0 Å². The Labute approximate surface area is 122 Å². The summed E-state index contributed by atoms with van der Waals surface area (Å²) in [6, 6.07) is 3.85. The van der Waals surface area contributed by atoms with Crippen LogP contribution in [0.2, 0.25) is 0 Å². The predicted molar refractivity (Wildman–Crippen MR) is 75.1 cm³/mol. The van der Waals surface area contributed by atoms with Crippen LogP contribution in [0.5, 0.6) is 0 Å². The number of alkyl halides is 3. The van der Waals surface area contributed by atoms with E-state index in [1.807, 2.05) is 27.7 Å². The van der Waals surface area contributed by atoms with Crippen molar-refractivity contribution in [2.24, 2.45) is 5.73 Å². The van der Waals surface area contributed by atoms with E-state index in [0.29, 0.717) is 5.46 Å². The third-order valence-corrected chi connectivity index (χ3v) is 4.17. The van der Waals surface area contributed by atoms with E-state index in [-0.39, 0.29) is 5.56 Å². The molecule has 1 unspecified atom stereocenters. The van der Waals surface area contributed by atoms with Crippen LogP contribution in [-0.4, -0.2) is 24.5 Å². The molecule has 1 aliphatic rings. The topological polar surface area (TPSA) is 44.5 Å². The van der Waals surface area contributed by atoms with Gasteiger partial charge in [-0.25, -0.2) is 0 Å². The minimum atomic E-state index is -4.45. The first-order valence-corrected chi connectivity index (χ1v) is 6.72. The molecule has 116 valence electrons. The number of hydrogen-bond acceptors (Lipinski definition) is 3. The van der Waals surface area contributed by atoms with E-state index in [0.717, 1.165) is 0 Å². The summed E-state index contributed by atoms with van der Waals surface area (Å²) in [7, 11) is -0.592. The monoisotopic (exact) mass is 301 g/mol. The van der Waals surface area contributed by atoms with Crippen LogP contribution in [0.4, 0.5) is 13.2 Å². The summed E-state index contributed by atoms with van der Waals surface area (Å²) in [5, 5.41) is 0. The lowest BCUT2D eigenvalue weighted by Gasteiger charge is -2.32. The summed E-state index contributed by atoms with van der Waals surface area (Å²) >= 11 is 0. The average Bonchev–Trinajstić information content (AvgIpc) is 2.57. The molecule has 1 saturated heterocycles. The van der Waals surface area contributed by atoms with Crippen LogP contribution in [-0.2, 0) is 9.31 Å². The summed E-state index contributed by atoms with van der Waals surface area (Å²) in [6.07, 6.45) is -4.45. The largest absolute Gasteiger partial charge is 0.494 e. The van der Waals surface area contributed by atoms with E-state index in [2.05, 4.69) is 0 Å². The molecule has 1 aromatic rings. The molecule has 0 aromatic heterocycles. The van der Waals surface area contributed by atoms with Gasteiger partial charge >= 0.3 is 13.3 Å². The van der Waals surface area contributed by atoms with Gasteiger partial charge in [0.2, 0.25) is 0 Å². The van der Waals surface area contributed by atoms with Gasteiger partial charge in [-0.05, 0) is 38.7 Å². The van der Waals surface area contributed by atoms with Gasteiger partial charge in [-0.1, -0.05) is 24.3 Å². The lowest BCUT2D eigenvalue weighted by Crippen LogP contribution is -2.41. The Morgan fingerprint density at radius 1 is 1.00 bits per heavy atom. The van der Waals surface area contributed by atoms with Crippen LogP contribution in [0.3, 0.4) is 0 Å². The molecule has 1 aliphatic heterocycles. The smallest absolute Gasteiger partial charge is 0.399 e. The van der Waals surface area contributed by atoms with Gasteiger partial charge < -0.3 is 15.0 Å². The lowest BCUT2D eigenvalue weighted by molar-refractivity contribution is -0.149. The molecule has 0 amide bonds. The molecule has 0 saturated carbocycles. The number of rotatable bonds is 2. The zero-order valence-electron chi connectivity index (χ0n) is 12.5. The number of benzene rings is 1. The maximum absolute atomic E-state index is 12.6. The molecule has 2 rings (SSSR count). The summed E-state index contributed by atoms with van der Waals surface area (Å²) in [5.41, 5.74) is 4.89. The molecule has 2 N–H and O–H groups in total. The fraction of sp³-hybridized carbons (Fsp3) is 0.571. The highest BCUT2D eigenvalue weighted by atomic mass is 19.4. The van der Waals surface area contributed by atoms with Gasteiger partial charge in [-0.2, -0.15) is 13.2 Å². The first kappa shape index (κ1) is 16.3. The van der Waals surface area contributed by atoms with Gasteiger partial charge in [-0.3, -0.25) is 0 Å². The highest BCUT2D eigenvalue weighted by molar-refractivity contribution is 6.62. The molecule has 21 heavy (non-hydrogen) atoms. The van der Waals surface area contributed by atoms with E-state index in [1.54, 1.807) is 12.1 Å². The molecule has 1 heterocycles. The summed E-state index contributed by atoms with van der Waals surface area (Å²) in [4.78, 5) is 0. The highest BCUT2D eigenvalue weighted by Gasteiger charge is 2.51. The molecule has 3 nitrogen and oxygen atoms in total. The molecular formula is C14H19BF3NO2. The van der Waals surface area contributed by atoms with E-state index < -0.39 is 30.5 Å². The third-order valence-electron chi connectivity index (χ3n) is 4.17. The minimum absolute atomic E-state index is 0.0165. The van der Waals surface area contributed by atoms with Gasteiger partial charge in [-0.15, -0.1) is 0 Å². The molecule has 0 bridgehead atoms. The molecule has 1 atom stereocenters. The molecule has 7 heteroatoms. The third kappa shape index (κ3) is 3.10. The predicted octanol–water partition coefficient (Wildman–Crippen LogP) is 2.55. The fourth-order valence-corrected chi connectivity index (χ4v) is 2.03. The van der Waals surface area contributed by atoms with Gasteiger partial charge in [0.25, 0.3) is 0 Å². The zero-order chi connectivity index (χ0) is 16.1. The van der Waals surface area contributed by atoms with E-state index >= 15 is 0 Å². The maximum atomic E-state index is 12.6. The van der Waals surface area contributed by atoms with Gasteiger partial charge in [0.1, 0.15) is 6.04 Å². The Morgan fingerprint density at radius 3 is 1.81 bits per heavy atom. The SMILES string of the molecule is CC1(C)OB(c2ccc(C(N)C(F)(F)F)cc2)OC1(C)C. The molecule has 0 aliphatic carbocycles. The second-order valence-corrected chi connectivity index (χ2v) is 6.27. The molecule has 1 fully saturated rings. The summed E-state index contributed by atoms with van der Waals surface area (Å²) in [5.74, 6) is 0. The van der Waals surface area contributed by atoms with E-state index in [4.69, 9.17) is 15.0 Å². The number of hydrogen-bond donors (Lipinski definition) is 1.